The molecule has 0 spiro atoms. The SMILES string of the molecule is CC(=O)Cc1ccc(-c2ccnc(Cc3ccc(N4CCN(S(=O)(=O)c5cccc(Cl)c5)CC4)cc3)n2)cc1. The molecule has 0 unspecified atom stereocenters. The van der Waals surface area contributed by atoms with Crippen LogP contribution in [0.1, 0.15) is 23.9 Å². The molecule has 0 bridgehead atoms. The number of anilines is 1. The highest BCUT2D eigenvalue weighted by Crippen LogP contribution is 2.24. The van der Waals surface area contributed by atoms with Gasteiger partial charge in [0.25, 0.3) is 0 Å². The van der Waals surface area contributed by atoms with Crippen molar-refractivity contribution in [3.05, 3.63) is 107 Å². The van der Waals surface area contributed by atoms with Crippen molar-refractivity contribution in [1.29, 1.82) is 0 Å². The number of hydrogen-bond acceptors (Lipinski definition) is 6. The van der Waals surface area contributed by atoms with Gasteiger partial charge in [0.2, 0.25) is 10.0 Å². The summed E-state index contributed by atoms with van der Waals surface area (Å²) in [6, 6.07) is 24.4. The van der Waals surface area contributed by atoms with Gasteiger partial charge in [0.15, 0.2) is 0 Å². The van der Waals surface area contributed by atoms with Crippen LogP contribution in [0.4, 0.5) is 5.69 Å². The van der Waals surface area contributed by atoms with E-state index in [-0.39, 0.29) is 10.7 Å². The fourth-order valence-corrected chi connectivity index (χ4v) is 6.42. The summed E-state index contributed by atoms with van der Waals surface area (Å²) < 4.78 is 27.5. The van der Waals surface area contributed by atoms with Gasteiger partial charge >= 0.3 is 0 Å². The van der Waals surface area contributed by atoms with Crippen molar-refractivity contribution in [2.24, 2.45) is 0 Å². The molecule has 2 heterocycles. The molecule has 1 fully saturated rings. The molecule has 0 amide bonds. The molecule has 4 aromatic rings. The molecule has 0 N–H and O–H groups in total. The van der Waals surface area contributed by atoms with E-state index >= 15 is 0 Å². The van der Waals surface area contributed by atoms with E-state index < -0.39 is 10.0 Å². The molecule has 5 rings (SSSR count). The Hall–Kier alpha value is -3.59. The summed E-state index contributed by atoms with van der Waals surface area (Å²) in [5.41, 5.74) is 4.97. The van der Waals surface area contributed by atoms with Gasteiger partial charge in [0, 0.05) is 61.5 Å². The number of hydrogen-bond donors (Lipinski definition) is 0. The molecule has 1 saturated heterocycles. The topological polar surface area (TPSA) is 83.5 Å². The van der Waals surface area contributed by atoms with Gasteiger partial charge in [0.05, 0.1) is 10.6 Å². The Morgan fingerprint density at radius 3 is 2.26 bits per heavy atom. The molecule has 0 radical (unpaired) electrons. The average Bonchev–Trinajstić information content (AvgIpc) is 2.94. The number of halogens is 1. The number of ketones is 1. The lowest BCUT2D eigenvalue weighted by Gasteiger charge is -2.35. The number of nitrogens with zero attached hydrogens (tertiary/aromatic N) is 4. The highest BCUT2D eigenvalue weighted by molar-refractivity contribution is 7.89. The highest BCUT2D eigenvalue weighted by atomic mass is 35.5. The third-order valence-electron chi connectivity index (χ3n) is 6.74. The van der Waals surface area contributed by atoms with Crippen LogP contribution in [0.25, 0.3) is 11.3 Å². The third kappa shape index (κ3) is 6.53. The predicted molar refractivity (Wildman–Crippen MR) is 154 cm³/mol. The smallest absolute Gasteiger partial charge is 0.243 e. The Kier molecular flexibility index (Phi) is 8.07. The Bertz CT molecular complexity index is 1570. The zero-order chi connectivity index (χ0) is 27.4. The summed E-state index contributed by atoms with van der Waals surface area (Å²) in [5.74, 6) is 0.870. The normalized spacial score (nSPS) is 14.4. The van der Waals surface area contributed by atoms with Crippen molar-refractivity contribution in [2.45, 2.75) is 24.7 Å². The van der Waals surface area contributed by atoms with Gasteiger partial charge in [-0.2, -0.15) is 4.31 Å². The van der Waals surface area contributed by atoms with Crippen molar-refractivity contribution in [3.63, 3.8) is 0 Å². The second-order valence-corrected chi connectivity index (χ2v) is 12.0. The number of piperazine rings is 1. The average molecular weight is 561 g/mol. The van der Waals surface area contributed by atoms with Crippen molar-refractivity contribution < 1.29 is 13.2 Å². The highest BCUT2D eigenvalue weighted by Gasteiger charge is 2.28. The van der Waals surface area contributed by atoms with E-state index in [1.807, 2.05) is 30.3 Å². The van der Waals surface area contributed by atoms with Crippen molar-refractivity contribution in [1.82, 2.24) is 14.3 Å². The van der Waals surface area contributed by atoms with Crippen LogP contribution in [-0.2, 0) is 27.7 Å². The summed E-state index contributed by atoms with van der Waals surface area (Å²) >= 11 is 6.00. The van der Waals surface area contributed by atoms with E-state index in [1.54, 1.807) is 31.3 Å². The van der Waals surface area contributed by atoms with Crippen LogP contribution in [0, 0.1) is 0 Å². The lowest BCUT2D eigenvalue weighted by atomic mass is 10.1. The summed E-state index contributed by atoms with van der Waals surface area (Å²) in [5, 5.41) is 0.409. The summed E-state index contributed by atoms with van der Waals surface area (Å²) in [6.45, 7) is 3.62. The first kappa shape index (κ1) is 27.0. The maximum absolute atomic E-state index is 13.0. The predicted octanol–water partition coefficient (Wildman–Crippen LogP) is 5.03. The molecule has 0 saturated carbocycles. The van der Waals surface area contributed by atoms with Crippen LogP contribution in [0.5, 0.6) is 0 Å². The Balaban J connectivity index is 1.20. The van der Waals surface area contributed by atoms with Crippen molar-refractivity contribution >= 4 is 33.1 Å². The van der Waals surface area contributed by atoms with Crippen molar-refractivity contribution in [2.75, 3.05) is 31.1 Å². The maximum Gasteiger partial charge on any atom is 0.243 e. The second-order valence-electron chi connectivity index (χ2n) is 9.63. The molecular weight excluding hydrogens is 532 g/mol. The number of sulfonamides is 1. The second kappa shape index (κ2) is 11.7. The number of rotatable bonds is 8. The van der Waals surface area contributed by atoms with Gasteiger partial charge in [0.1, 0.15) is 11.6 Å². The molecule has 7 nitrogen and oxygen atoms in total. The van der Waals surface area contributed by atoms with E-state index in [0.717, 1.165) is 33.9 Å². The number of carbonyl (C=O) groups excluding carboxylic acids is 1. The first-order valence-electron chi connectivity index (χ1n) is 12.8. The summed E-state index contributed by atoms with van der Waals surface area (Å²) in [4.78, 5) is 23.0. The summed E-state index contributed by atoms with van der Waals surface area (Å²) in [7, 11) is -3.57. The van der Waals surface area contributed by atoms with Crippen molar-refractivity contribution in [3.8, 4) is 11.3 Å². The van der Waals surface area contributed by atoms with Crippen LogP contribution in [-0.4, -0.2) is 54.7 Å². The Morgan fingerprint density at radius 1 is 0.897 bits per heavy atom. The molecule has 3 aromatic carbocycles. The fraction of sp³-hybridized carbons (Fsp3) is 0.233. The van der Waals surface area contributed by atoms with Crippen LogP contribution in [0.3, 0.4) is 0 Å². The molecule has 9 heteroatoms. The van der Waals surface area contributed by atoms with Gasteiger partial charge in [-0.3, -0.25) is 4.79 Å². The number of benzene rings is 3. The third-order valence-corrected chi connectivity index (χ3v) is 8.87. The quantitative estimate of drug-likeness (QED) is 0.300. The minimum absolute atomic E-state index is 0.141. The first-order valence-corrected chi connectivity index (χ1v) is 14.6. The van der Waals surface area contributed by atoms with E-state index in [2.05, 4.69) is 34.1 Å². The fourth-order valence-electron chi connectivity index (χ4n) is 4.70. The Labute approximate surface area is 234 Å². The van der Waals surface area contributed by atoms with Crippen LogP contribution in [0.15, 0.2) is 90.0 Å². The molecule has 1 aromatic heterocycles. The molecular formula is C30H29ClN4O3S. The molecule has 1 aliphatic rings. The number of Topliss-reactive ketones (excluding diaryl/α,β-unsaturated/α-hetero) is 1. The van der Waals surface area contributed by atoms with Gasteiger partial charge in [-0.15, -0.1) is 0 Å². The van der Waals surface area contributed by atoms with E-state index in [4.69, 9.17) is 16.6 Å². The summed E-state index contributed by atoms with van der Waals surface area (Å²) in [6.07, 6.45) is 2.80. The van der Waals surface area contributed by atoms with E-state index in [0.29, 0.717) is 44.0 Å². The minimum atomic E-state index is -3.57. The van der Waals surface area contributed by atoms with Crippen LogP contribution >= 0.6 is 11.6 Å². The molecule has 0 aliphatic carbocycles. The zero-order valence-corrected chi connectivity index (χ0v) is 23.2. The first-order chi connectivity index (χ1) is 18.8. The lowest BCUT2D eigenvalue weighted by Crippen LogP contribution is -2.48. The maximum atomic E-state index is 13.0. The standard InChI is InChI=1S/C30H29ClN4O3S/c1-22(36)19-23-5-9-25(10-6-23)29-13-14-32-30(33-29)20-24-7-11-27(12-8-24)34-15-17-35(18-16-34)39(37,38)28-4-2-3-26(31)21-28/h2-14,21H,15-20H2,1H3. The van der Waals surface area contributed by atoms with Gasteiger partial charge in [-0.25, -0.2) is 18.4 Å². The number of carbonyl (C=O) groups is 1. The van der Waals surface area contributed by atoms with E-state index in [9.17, 15) is 13.2 Å². The lowest BCUT2D eigenvalue weighted by molar-refractivity contribution is -0.116. The molecule has 1 aliphatic heterocycles. The van der Waals surface area contributed by atoms with Gasteiger partial charge in [-0.1, -0.05) is 54.1 Å². The molecule has 39 heavy (non-hydrogen) atoms. The Morgan fingerprint density at radius 2 is 1.59 bits per heavy atom. The molecule has 200 valence electrons. The van der Waals surface area contributed by atoms with Gasteiger partial charge in [-0.05, 0) is 54.4 Å². The monoisotopic (exact) mass is 560 g/mol. The van der Waals surface area contributed by atoms with E-state index in [1.165, 1.54) is 10.4 Å². The van der Waals surface area contributed by atoms with Crippen LogP contribution in [0.2, 0.25) is 5.02 Å². The van der Waals surface area contributed by atoms with Gasteiger partial charge < -0.3 is 4.90 Å². The minimum Gasteiger partial charge on any atom is -0.369 e. The van der Waals surface area contributed by atoms with Crippen LogP contribution < -0.4 is 4.90 Å². The number of aromatic nitrogens is 2. The zero-order valence-electron chi connectivity index (χ0n) is 21.6. The largest absolute Gasteiger partial charge is 0.369 e. The molecule has 0 atom stereocenters.